The van der Waals surface area contributed by atoms with Crippen molar-refractivity contribution >= 4 is 38.2 Å². The molecule has 1 aliphatic carbocycles. The summed E-state index contributed by atoms with van der Waals surface area (Å²) >= 11 is 1.44. The SMILES string of the molecule is COC(=O)c1c(NC(=O)C2CCCN(S(=O)(=O)c3cnn(C)c3C)C2)sc2c1CCCCC2. The number of rotatable bonds is 5. The van der Waals surface area contributed by atoms with Crippen LogP contribution in [0.2, 0.25) is 0 Å². The molecule has 1 atom stereocenters. The van der Waals surface area contributed by atoms with Crippen LogP contribution in [0.5, 0.6) is 0 Å². The zero-order valence-electron chi connectivity index (χ0n) is 19.2. The number of fused-ring (bicyclic) bond motifs is 1. The molecule has 2 aromatic rings. The summed E-state index contributed by atoms with van der Waals surface area (Å²) < 4.78 is 34.3. The van der Waals surface area contributed by atoms with Gasteiger partial charge in [0.1, 0.15) is 9.90 Å². The van der Waals surface area contributed by atoms with Crippen LogP contribution in [0.4, 0.5) is 5.00 Å². The number of thiophene rings is 1. The summed E-state index contributed by atoms with van der Waals surface area (Å²) in [5.41, 5.74) is 2.00. The average molecular weight is 495 g/mol. The first kappa shape index (κ1) is 23.9. The van der Waals surface area contributed by atoms with E-state index in [-0.39, 0.29) is 17.3 Å². The van der Waals surface area contributed by atoms with Gasteiger partial charge in [0.2, 0.25) is 15.9 Å². The molecule has 0 bridgehead atoms. The van der Waals surface area contributed by atoms with Gasteiger partial charge < -0.3 is 10.1 Å². The Morgan fingerprint density at radius 2 is 1.97 bits per heavy atom. The van der Waals surface area contributed by atoms with Crippen LogP contribution in [-0.2, 0) is 39.4 Å². The summed E-state index contributed by atoms with van der Waals surface area (Å²) in [7, 11) is -0.702. The molecule has 2 aromatic heterocycles. The monoisotopic (exact) mass is 494 g/mol. The van der Waals surface area contributed by atoms with Crippen LogP contribution in [0.15, 0.2) is 11.1 Å². The van der Waals surface area contributed by atoms with Crippen molar-refractivity contribution in [2.75, 3.05) is 25.5 Å². The van der Waals surface area contributed by atoms with Gasteiger partial charge in [-0.3, -0.25) is 9.48 Å². The smallest absolute Gasteiger partial charge is 0.341 e. The van der Waals surface area contributed by atoms with Crippen molar-refractivity contribution in [2.24, 2.45) is 13.0 Å². The maximum Gasteiger partial charge on any atom is 0.341 e. The first-order valence-electron chi connectivity index (χ1n) is 11.3. The Kier molecular flexibility index (Phi) is 6.92. The number of sulfonamides is 1. The Morgan fingerprint density at radius 3 is 2.67 bits per heavy atom. The molecule has 4 rings (SSSR count). The summed E-state index contributed by atoms with van der Waals surface area (Å²) in [5.74, 6) is -1.21. The van der Waals surface area contributed by atoms with Crippen LogP contribution in [0.1, 0.15) is 58.6 Å². The van der Waals surface area contributed by atoms with E-state index in [1.165, 1.54) is 33.6 Å². The van der Waals surface area contributed by atoms with E-state index in [1.54, 1.807) is 14.0 Å². The van der Waals surface area contributed by atoms with Gasteiger partial charge in [-0.25, -0.2) is 13.2 Å². The van der Waals surface area contributed by atoms with E-state index in [9.17, 15) is 18.0 Å². The minimum Gasteiger partial charge on any atom is -0.465 e. The van der Waals surface area contributed by atoms with E-state index in [0.29, 0.717) is 35.6 Å². The van der Waals surface area contributed by atoms with E-state index in [1.807, 2.05) is 0 Å². The molecule has 1 N–H and O–H groups in total. The first-order chi connectivity index (χ1) is 15.7. The lowest BCUT2D eigenvalue weighted by Gasteiger charge is -2.31. The standard InChI is InChI=1S/C22H30N4O5S2/c1-14-18(12-23-25(14)2)33(29,30)26-11-7-8-15(13-26)20(27)24-21-19(22(28)31-3)16-9-5-4-6-10-17(16)32-21/h12,15H,4-11,13H2,1-3H3,(H,24,27). The van der Waals surface area contributed by atoms with Crippen molar-refractivity contribution in [1.29, 1.82) is 0 Å². The molecule has 11 heteroatoms. The molecule has 0 aromatic carbocycles. The summed E-state index contributed by atoms with van der Waals surface area (Å²) in [6.45, 7) is 2.17. The van der Waals surface area contributed by atoms with E-state index in [0.717, 1.165) is 42.5 Å². The zero-order chi connectivity index (χ0) is 23.8. The number of carbonyl (C=O) groups excluding carboxylic acids is 2. The molecule has 1 unspecified atom stereocenters. The number of piperidine rings is 1. The Hall–Kier alpha value is -2.24. The molecule has 0 radical (unpaired) electrons. The lowest BCUT2D eigenvalue weighted by Crippen LogP contribution is -2.43. The van der Waals surface area contributed by atoms with Crippen molar-refractivity contribution in [1.82, 2.24) is 14.1 Å². The number of hydrogen-bond donors (Lipinski definition) is 1. The van der Waals surface area contributed by atoms with Gasteiger partial charge >= 0.3 is 5.97 Å². The van der Waals surface area contributed by atoms with Crippen LogP contribution >= 0.6 is 11.3 Å². The van der Waals surface area contributed by atoms with Crippen LogP contribution in [0.3, 0.4) is 0 Å². The molecule has 0 saturated carbocycles. The lowest BCUT2D eigenvalue weighted by molar-refractivity contribution is -0.120. The molecular weight excluding hydrogens is 464 g/mol. The minimum absolute atomic E-state index is 0.0984. The van der Waals surface area contributed by atoms with Gasteiger partial charge in [-0.05, 0) is 51.0 Å². The molecule has 180 valence electrons. The molecule has 1 amide bonds. The zero-order valence-corrected chi connectivity index (χ0v) is 20.9. The van der Waals surface area contributed by atoms with Crippen LogP contribution in [-0.4, -0.2) is 54.6 Å². The fourth-order valence-electron chi connectivity index (χ4n) is 4.61. The molecule has 9 nitrogen and oxygen atoms in total. The number of ether oxygens (including phenoxy) is 1. The van der Waals surface area contributed by atoms with Gasteiger partial charge in [-0.2, -0.15) is 9.40 Å². The van der Waals surface area contributed by atoms with Crippen molar-refractivity contribution in [3.05, 3.63) is 27.9 Å². The van der Waals surface area contributed by atoms with Crippen LogP contribution in [0, 0.1) is 12.8 Å². The maximum absolute atomic E-state index is 13.2. The number of methoxy groups -OCH3 is 1. The molecule has 1 aliphatic heterocycles. The second-order valence-electron chi connectivity index (χ2n) is 8.67. The second-order valence-corrected chi connectivity index (χ2v) is 11.7. The summed E-state index contributed by atoms with van der Waals surface area (Å²) in [5, 5.41) is 7.51. The Labute approximate surface area is 198 Å². The molecule has 2 aliphatic rings. The van der Waals surface area contributed by atoms with Crippen LogP contribution < -0.4 is 5.32 Å². The summed E-state index contributed by atoms with van der Waals surface area (Å²) in [6.07, 6.45) is 7.40. The van der Waals surface area contributed by atoms with Crippen molar-refractivity contribution < 1.29 is 22.7 Å². The van der Waals surface area contributed by atoms with Crippen molar-refractivity contribution in [3.8, 4) is 0 Å². The highest BCUT2D eigenvalue weighted by atomic mass is 32.2. The largest absolute Gasteiger partial charge is 0.465 e. The Morgan fingerprint density at radius 1 is 1.21 bits per heavy atom. The molecule has 1 fully saturated rings. The number of aryl methyl sites for hydroxylation is 2. The summed E-state index contributed by atoms with van der Waals surface area (Å²) in [4.78, 5) is 27.0. The van der Waals surface area contributed by atoms with Gasteiger partial charge in [0.25, 0.3) is 0 Å². The highest BCUT2D eigenvalue weighted by Crippen LogP contribution is 2.38. The average Bonchev–Trinajstić information content (AvgIpc) is 3.22. The predicted octanol–water partition coefficient (Wildman–Crippen LogP) is 2.88. The van der Waals surface area contributed by atoms with Gasteiger partial charge in [-0.1, -0.05) is 6.42 Å². The van der Waals surface area contributed by atoms with Gasteiger partial charge in [0.15, 0.2) is 0 Å². The summed E-state index contributed by atoms with van der Waals surface area (Å²) in [6, 6.07) is 0. The van der Waals surface area contributed by atoms with Crippen molar-refractivity contribution in [2.45, 2.75) is 56.8 Å². The van der Waals surface area contributed by atoms with E-state index in [4.69, 9.17) is 4.74 Å². The van der Waals surface area contributed by atoms with Crippen molar-refractivity contribution in [3.63, 3.8) is 0 Å². The third-order valence-electron chi connectivity index (χ3n) is 6.61. The minimum atomic E-state index is -3.74. The Bertz CT molecular complexity index is 1170. The number of carbonyl (C=O) groups is 2. The third kappa shape index (κ3) is 4.58. The van der Waals surface area contributed by atoms with E-state index in [2.05, 4.69) is 10.4 Å². The first-order valence-corrected chi connectivity index (χ1v) is 13.5. The normalized spacial score (nSPS) is 19.5. The molecule has 33 heavy (non-hydrogen) atoms. The highest BCUT2D eigenvalue weighted by Gasteiger charge is 2.36. The number of anilines is 1. The second kappa shape index (κ2) is 9.55. The Balaban J connectivity index is 1.55. The van der Waals surface area contributed by atoms with E-state index < -0.39 is 21.9 Å². The van der Waals surface area contributed by atoms with Gasteiger partial charge in [0, 0.05) is 25.0 Å². The maximum atomic E-state index is 13.2. The number of nitrogens with zero attached hydrogens (tertiary/aromatic N) is 3. The molecule has 3 heterocycles. The number of nitrogens with one attached hydrogen (secondary N) is 1. The molecular formula is C22H30N4O5S2. The number of aromatic nitrogens is 2. The fourth-order valence-corrected chi connectivity index (χ4v) is 7.60. The number of esters is 1. The topological polar surface area (TPSA) is 111 Å². The quantitative estimate of drug-likeness (QED) is 0.506. The molecule has 0 spiro atoms. The highest BCUT2D eigenvalue weighted by molar-refractivity contribution is 7.89. The van der Waals surface area contributed by atoms with Gasteiger partial charge in [0.05, 0.1) is 30.5 Å². The lowest BCUT2D eigenvalue weighted by atomic mass is 9.98. The molecule has 1 saturated heterocycles. The predicted molar refractivity (Wildman–Crippen MR) is 125 cm³/mol. The third-order valence-corrected chi connectivity index (χ3v) is 9.79. The van der Waals surface area contributed by atoms with Gasteiger partial charge in [-0.15, -0.1) is 11.3 Å². The van der Waals surface area contributed by atoms with E-state index >= 15 is 0 Å². The number of hydrogen-bond acceptors (Lipinski definition) is 7. The number of amides is 1. The van der Waals surface area contributed by atoms with Crippen LogP contribution in [0.25, 0.3) is 0 Å². The fraction of sp³-hybridized carbons (Fsp3) is 0.591.